The summed E-state index contributed by atoms with van der Waals surface area (Å²) in [6.45, 7) is 11.3. The SMILES string of the molecule is CC(C)N1CCC2(CC1)CN/C(=C1\C(=O)N(C(C)C)c3ccc([N+](=O)[O-])cc31)CO2. The highest BCUT2D eigenvalue weighted by atomic mass is 16.6. The van der Waals surface area contributed by atoms with Crippen LogP contribution in [0.3, 0.4) is 0 Å². The summed E-state index contributed by atoms with van der Waals surface area (Å²) in [6, 6.07) is 5.11. The molecule has 0 radical (unpaired) electrons. The van der Waals surface area contributed by atoms with E-state index in [0.717, 1.165) is 37.3 Å². The third kappa shape index (κ3) is 3.48. The van der Waals surface area contributed by atoms with E-state index in [4.69, 9.17) is 4.74 Å². The first-order valence-electron chi connectivity index (χ1n) is 10.7. The smallest absolute Gasteiger partial charge is 0.270 e. The van der Waals surface area contributed by atoms with Gasteiger partial charge in [0.15, 0.2) is 0 Å². The van der Waals surface area contributed by atoms with Crippen LogP contribution < -0.4 is 10.2 Å². The van der Waals surface area contributed by atoms with E-state index in [0.29, 0.717) is 30.3 Å². The van der Waals surface area contributed by atoms with Gasteiger partial charge in [-0.05, 0) is 46.6 Å². The predicted octanol–water partition coefficient (Wildman–Crippen LogP) is 2.92. The third-order valence-corrected chi connectivity index (χ3v) is 6.56. The van der Waals surface area contributed by atoms with Crippen LogP contribution in [0.1, 0.15) is 46.1 Å². The highest BCUT2D eigenvalue weighted by molar-refractivity contribution is 6.33. The van der Waals surface area contributed by atoms with Crippen LogP contribution in [0.4, 0.5) is 11.4 Å². The van der Waals surface area contributed by atoms with E-state index in [-0.39, 0.29) is 23.2 Å². The second-order valence-electron chi connectivity index (χ2n) is 9.04. The molecule has 1 aromatic carbocycles. The molecule has 4 rings (SSSR count). The second-order valence-corrected chi connectivity index (χ2v) is 9.04. The van der Waals surface area contributed by atoms with Crippen molar-refractivity contribution < 1.29 is 14.5 Å². The number of ether oxygens (including phenoxy) is 1. The molecule has 1 amide bonds. The zero-order valence-electron chi connectivity index (χ0n) is 18.1. The van der Waals surface area contributed by atoms with Gasteiger partial charge in [0.25, 0.3) is 11.6 Å². The molecule has 8 nitrogen and oxygen atoms in total. The molecule has 0 unspecified atom stereocenters. The summed E-state index contributed by atoms with van der Waals surface area (Å²) >= 11 is 0. The van der Waals surface area contributed by atoms with Crippen molar-refractivity contribution in [3.05, 3.63) is 39.6 Å². The number of nitro benzene ring substituents is 1. The van der Waals surface area contributed by atoms with Gasteiger partial charge in [0, 0.05) is 49.4 Å². The van der Waals surface area contributed by atoms with Crippen molar-refractivity contribution in [2.75, 3.05) is 31.1 Å². The monoisotopic (exact) mass is 414 g/mol. The number of non-ortho nitro benzene ring substituents is 1. The summed E-state index contributed by atoms with van der Waals surface area (Å²) in [5, 5.41) is 14.8. The van der Waals surface area contributed by atoms with Gasteiger partial charge < -0.3 is 19.9 Å². The van der Waals surface area contributed by atoms with Crippen LogP contribution in [-0.2, 0) is 9.53 Å². The molecule has 0 bridgehead atoms. The number of benzene rings is 1. The number of carbonyl (C=O) groups is 1. The maximum Gasteiger partial charge on any atom is 0.270 e. The summed E-state index contributed by atoms with van der Waals surface area (Å²) in [4.78, 5) is 28.3. The fourth-order valence-corrected chi connectivity index (χ4v) is 4.72. The Morgan fingerprint density at radius 1 is 1.17 bits per heavy atom. The molecule has 0 saturated carbocycles. The number of amides is 1. The average molecular weight is 415 g/mol. The number of morpholine rings is 1. The van der Waals surface area contributed by atoms with Gasteiger partial charge in [-0.25, -0.2) is 0 Å². The zero-order valence-corrected chi connectivity index (χ0v) is 18.1. The molecule has 1 N–H and O–H groups in total. The van der Waals surface area contributed by atoms with E-state index < -0.39 is 4.92 Å². The van der Waals surface area contributed by atoms with Crippen molar-refractivity contribution in [3.8, 4) is 0 Å². The zero-order chi connectivity index (χ0) is 21.6. The molecule has 0 aliphatic carbocycles. The molecule has 2 fully saturated rings. The number of nitrogens with zero attached hydrogens (tertiary/aromatic N) is 3. The molecule has 0 aromatic heterocycles. The molecule has 0 atom stereocenters. The van der Waals surface area contributed by atoms with Gasteiger partial charge in [0.2, 0.25) is 0 Å². The number of likely N-dealkylation sites (tertiary alicyclic amines) is 1. The number of hydrogen-bond acceptors (Lipinski definition) is 6. The van der Waals surface area contributed by atoms with Gasteiger partial charge in [0.1, 0.15) is 0 Å². The van der Waals surface area contributed by atoms with E-state index in [1.54, 1.807) is 11.0 Å². The molecule has 1 aromatic rings. The van der Waals surface area contributed by atoms with Gasteiger partial charge in [-0.1, -0.05) is 0 Å². The molecule has 2 saturated heterocycles. The standard InChI is InChI=1S/C22H30N4O4/c1-14(2)24-9-7-22(8-10-24)13-23-18(12-30-22)20-17-11-16(26(28)29)5-6-19(17)25(15(3)4)21(20)27/h5-6,11,14-15,23H,7-10,12-13H2,1-4H3/b20-18-. The molecule has 30 heavy (non-hydrogen) atoms. The van der Waals surface area contributed by atoms with Crippen LogP contribution in [-0.4, -0.2) is 59.7 Å². The molecule has 3 aliphatic rings. The Balaban J connectivity index is 1.62. The van der Waals surface area contributed by atoms with Crippen LogP contribution in [0.2, 0.25) is 0 Å². The molecule has 3 aliphatic heterocycles. The largest absolute Gasteiger partial charge is 0.383 e. The second kappa shape index (κ2) is 7.67. The first kappa shape index (κ1) is 20.8. The van der Waals surface area contributed by atoms with Gasteiger partial charge in [0.05, 0.1) is 34.1 Å². The van der Waals surface area contributed by atoms with Gasteiger partial charge >= 0.3 is 0 Å². The predicted molar refractivity (Wildman–Crippen MR) is 115 cm³/mol. The van der Waals surface area contributed by atoms with E-state index in [1.807, 2.05) is 13.8 Å². The van der Waals surface area contributed by atoms with Crippen LogP contribution in [0.25, 0.3) is 5.57 Å². The van der Waals surface area contributed by atoms with Crippen LogP contribution in [0.15, 0.2) is 23.9 Å². The maximum atomic E-state index is 13.3. The summed E-state index contributed by atoms with van der Waals surface area (Å²) in [5.74, 6) is -0.128. The Bertz CT molecular complexity index is 888. The molecule has 162 valence electrons. The van der Waals surface area contributed by atoms with E-state index in [9.17, 15) is 14.9 Å². The lowest BCUT2D eigenvalue weighted by Crippen LogP contribution is -2.56. The Labute approximate surface area is 177 Å². The van der Waals surface area contributed by atoms with Crippen molar-refractivity contribution in [2.24, 2.45) is 0 Å². The van der Waals surface area contributed by atoms with Crippen molar-refractivity contribution >= 4 is 22.9 Å². The van der Waals surface area contributed by atoms with Crippen molar-refractivity contribution in [2.45, 2.75) is 58.2 Å². The van der Waals surface area contributed by atoms with E-state index >= 15 is 0 Å². The van der Waals surface area contributed by atoms with Crippen LogP contribution in [0.5, 0.6) is 0 Å². The number of nitrogens with one attached hydrogen (secondary N) is 1. The van der Waals surface area contributed by atoms with E-state index in [2.05, 4.69) is 24.1 Å². The number of carbonyl (C=O) groups excluding carboxylic acids is 1. The van der Waals surface area contributed by atoms with Gasteiger partial charge in [-0.3, -0.25) is 14.9 Å². The van der Waals surface area contributed by atoms with Gasteiger partial charge in [-0.2, -0.15) is 0 Å². The highest BCUT2D eigenvalue weighted by Gasteiger charge is 2.42. The van der Waals surface area contributed by atoms with Crippen LogP contribution in [0, 0.1) is 10.1 Å². The summed E-state index contributed by atoms with van der Waals surface area (Å²) < 4.78 is 6.34. The Morgan fingerprint density at radius 3 is 2.40 bits per heavy atom. The van der Waals surface area contributed by atoms with Crippen LogP contribution >= 0.6 is 0 Å². The minimum atomic E-state index is -0.423. The Morgan fingerprint density at radius 2 is 1.87 bits per heavy atom. The lowest BCUT2D eigenvalue weighted by atomic mass is 9.88. The van der Waals surface area contributed by atoms with Crippen molar-refractivity contribution in [3.63, 3.8) is 0 Å². The molecule has 1 spiro atoms. The number of fused-ring (bicyclic) bond motifs is 1. The number of rotatable bonds is 3. The molecule has 3 heterocycles. The Kier molecular flexibility index (Phi) is 5.32. The molecular weight excluding hydrogens is 384 g/mol. The normalized spacial score (nSPS) is 23.9. The quantitative estimate of drug-likeness (QED) is 0.465. The summed E-state index contributed by atoms with van der Waals surface area (Å²) in [5.41, 5.74) is 2.33. The highest BCUT2D eigenvalue weighted by Crippen LogP contribution is 2.42. The lowest BCUT2D eigenvalue weighted by Gasteiger charge is -2.46. The molecule has 8 heteroatoms. The summed E-state index contributed by atoms with van der Waals surface area (Å²) in [7, 11) is 0. The maximum absolute atomic E-state index is 13.3. The lowest BCUT2D eigenvalue weighted by molar-refractivity contribution is -0.384. The average Bonchev–Trinajstić information content (AvgIpc) is 3.00. The Hall–Kier alpha value is -2.45. The summed E-state index contributed by atoms with van der Waals surface area (Å²) in [6.07, 6.45) is 1.91. The molecular formula is C22H30N4O4. The third-order valence-electron chi connectivity index (χ3n) is 6.56. The number of nitro groups is 1. The fraction of sp³-hybridized carbons (Fsp3) is 0.591. The number of piperidine rings is 1. The topological polar surface area (TPSA) is 88.0 Å². The number of hydrogen-bond donors (Lipinski definition) is 1. The minimum absolute atomic E-state index is 0.0143. The number of anilines is 1. The first-order chi connectivity index (χ1) is 14.2. The fourth-order valence-electron chi connectivity index (χ4n) is 4.72. The van der Waals surface area contributed by atoms with Crippen molar-refractivity contribution in [1.82, 2.24) is 10.2 Å². The first-order valence-corrected chi connectivity index (χ1v) is 10.7. The van der Waals surface area contributed by atoms with Crippen molar-refractivity contribution in [1.29, 1.82) is 0 Å². The van der Waals surface area contributed by atoms with Gasteiger partial charge in [-0.15, -0.1) is 0 Å². The van der Waals surface area contributed by atoms with E-state index in [1.165, 1.54) is 12.1 Å². The minimum Gasteiger partial charge on any atom is -0.383 e.